The molecule has 0 radical (unpaired) electrons. The van der Waals surface area contributed by atoms with Crippen LogP contribution in [0.25, 0.3) is 0 Å². The molecule has 0 aromatic rings. The highest BCUT2D eigenvalue weighted by atomic mass is 15.0. The largest absolute Gasteiger partial charge is 0.0619 e. The topological polar surface area (TPSA) is 0 Å². The van der Waals surface area contributed by atoms with E-state index in [-0.39, 0.29) is 0 Å². The van der Waals surface area contributed by atoms with Crippen molar-refractivity contribution in [2.75, 3.05) is 0 Å². The van der Waals surface area contributed by atoms with Gasteiger partial charge in [0.2, 0.25) is 0 Å². The molecule has 17 heavy (non-hydrogen) atoms. The molecule has 0 amide bonds. The maximum absolute atomic E-state index is 2.65. The molecule has 0 spiro atoms. The quantitative estimate of drug-likeness (QED) is 0.573. The first-order valence-electron chi connectivity index (χ1n) is 7.66. The molecule has 4 fully saturated rings. The third-order valence-electron chi connectivity index (χ3n) is 9.77. The fraction of sp³-hybridized carbons (Fsp3) is 1.00. The van der Waals surface area contributed by atoms with Crippen molar-refractivity contribution in [2.24, 2.45) is 51.2 Å². The Kier molecular flexibility index (Phi) is 1.44. The minimum atomic E-state index is 0.562. The average molecular weight is 232 g/mol. The standard InChI is InChI=1S/C17H28/c1-9-8-11-13-12-10(2)14(3,4)16(12,6)17(13,7)15(9,11)5/h9-13H,8H2,1-7H3. The normalized spacial score (nSPS) is 73.9. The molecule has 0 heteroatoms. The van der Waals surface area contributed by atoms with Gasteiger partial charge in [-0.05, 0) is 57.7 Å². The summed E-state index contributed by atoms with van der Waals surface area (Å²) < 4.78 is 0. The van der Waals surface area contributed by atoms with Gasteiger partial charge in [-0.3, -0.25) is 0 Å². The Hall–Kier alpha value is 0. The summed E-state index contributed by atoms with van der Waals surface area (Å²) in [6.07, 6.45) is 1.52. The van der Waals surface area contributed by atoms with E-state index in [1.54, 1.807) is 0 Å². The van der Waals surface area contributed by atoms with Crippen molar-refractivity contribution in [1.82, 2.24) is 0 Å². The monoisotopic (exact) mass is 232 g/mol. The van der Waals surface area contributed by atoms with Gasteiger partial charge in [-0.15, -0.1) is 0 Å². The smallest absolute Gasteiger partial charge is 0.0171 e. The second-order valence-corrected chi connectivity index (χ2v) is 8.99. The molecule has 8 atom stereocenters. The van der Waals surface area contributed by atoms with E-state index in [2.05, 4.69) is 48.5 Å². The molecule has 4 rings (SSSR count). The zero-order chi connectivity index (χ0) is 12.6. The summed E-state index contributed by atoms with van der Waals surface area (Å²) in [7, 11) is 0. The Morgan fingerprint density at radius 3 is 1.94 bits per heavy atom. The SMILES string of the molecule is CC1C2C3C4CC(C)C4(C)C3(C)C2(C)C1(C)C. The summed E-state index contributed by atoms with van der Waals surface area (Å²) in [5.41, 5.74) is 2.53. The van der Waals surface area contributed by atoms with Crippen LogP contribution >= 0.6 is 0 Å². The molecule has 4 saturated carbocycles. The molecular weight excluding hydrogens is 204 g/mol. The lowest BCUT2D eigenvalue weighted by molar-refractivity contribution is -0.510. The second-order valence-electron chi connectivity index (χ2n) is 8.99. The van der Waals surface area contributed by atoms with Crippen molar-refractivity contribution in [3.63, 3.8) is 0 Å². The minimum Gasteiger partial charge on any atom is -0.0619 e. The summed E-state index contributed by atoms with van der Waals surface area (Å²) in [5, 5.41) is 0. The van der Waals surface area contributed by atoms with Crippen LogP contribution in [0.1, 0.15) is 54.9 Å². The van der Waals surface area contributed by atoms with Crippen molar-refractivity contribution in [1.29, 1.82) is 0 Å². The van der Waals surface area contributed by atoms with E-state index in [0.29, 0.717) is 21.7 Å². The Labute approximate surface area is 107 Å². The van der Waals surface area contributed by atoms with Crippen molar-refractivity contribution < 1.29 is 0 Å². The van der Waals surface area contributed by atoms with E-state index in [1.807, 2.05) is 0 Å². The lowest BCUT2D eigenvalue weighted by Crippen LogP contribution is -2.94. The third kappa shape index (κ3) is 0.588. The fourth-order valence-electron chi connectivity index (χ4n) is 8.02. The molecular formula is C17H28. The van der Waals surface area contributed by atoms with Crippen LogP contribution in [0.3, 0.4) is 0 Å². The van der Waals surface area contributed by atoms with E-state index in [1.165, 1.54) is 6.42 Å². The molecule has 0 bridgehead atoms. The lowest BCUT2D eigenvalue weighted by Gasteiger charge is -2.98. The zero-order valence-corrected chi connectivity index (χ0v) is 12.6. The molecule has 0 aliphatic heterocycles. The van der Waals surface area contributed by atoms with Crippen LogP contribution in [-0.4, -0.2) is 0 Å². The second kappa shape index (κ2) is 2.25. The van der Waals surface area contributed by atoms with Gasteiger partial charge in [-0.1, -0.05) is 48.5 Å². The maximum atomic E-state index is 2.65. The summed E-state index contributed by atoms with van der Waals surface area (Å²) in [6.45, 7) is 18.0. The minimum absolute atomic E-state index is 0.562. The summed E-state index contributed by atoms with van der Waals surface area (Å²) in [6, 6.07) is 0. The van der Waals surface area contributed by atoms with Crippen LogP contribution in [-0.2, 0) is 0 Å². The van der Waals surface area contributed by atoms with Crippen LogP contribution in [0, 0.1) is 51.2 Å². The van der Waals surface area contributed by atoms with Crippen LogP contribution < -0.4 is 0 Å². The Morgan fingerprint density at radius 2 is 1.41 bits per heavy atom. The molecule has 8 unspecified atom stereocenters. The van der Waals surface area contributed by atoms with Crippen molar-refractivity contribution in [2.45, 2.75) is 54.9 Å². The van der Waals surface area contributed by atoms with Gasteiger partial charge < -0.3 is 0 Å². The number of hydrogen-bond donors (Lipinski definition) is 0. The highest BCUT2D eigenvalue weighted by Crippen LogP contribution is 2.98. The zero-order valence-electron chi connectivity index (χ0n) is 12.6. The van der Waals surface area contributed by atoms with E-state index < -0.39 is 0 Å². The van der Waals surface area contributed by atoms with Gasteiger partial charge in [0.1, 0.15) is 0 Å². The molecule has 96 valence electrons. The van der Waals surface area contributed by atoms with E-state index in [0.717, 1.165) is 29.6 Å². The van der Waals surface area contributed by atoms with Gasteiger partial charge in [-0.25, -0.2) is 0 Å². The van der Waals surface area contributed by atoms with Crippen LogP contribution in [0.4, 0.5) is 0 Å². The highest BCUT2D eigenvalue weighted by molar-refractivity contribution is 5.40. The number of fused-ring (bicyclic) bond motifs is 7. The van der Waals surface area contributed by atoms with Gasteiger partial charge in [-0.2, -0.15) is 0 Å². The highest BCUT2D eigenvalue weighted by Gasteiger charge is 2.93. The summed E-state index contributed by atoms with van der Waals surface area (Å²) >= 11 is 0. The first kappa shape index (κ1) is 10.9. The molecule has 0 aromatic carbocycles. The first-order valence-corrected chi connectivity index (χ1v) is 7.66. The molecule has 0 heterocycles. The number of hydrogen-bond acceptors (Lipinski definition) is 0. The average Bonchev–Trinajstić information content (AvgIpc) is 2.29. The van der Waals surface area contributed by atoms with Crippen molar-refractivity contribution >= 4 is 0 Å². The fourth-order valence-corrected chi connectivity index (χ4v) is 8.02. The van der Waals surface area contributed by atoms with Gasteiger partial charge >= 0.3 is 0 Å². The van der Waals surface area contributed by atoms with Gasteiger partial charge in [0, 0.05) is 0 Å². The van der Waals surface area contributed by atoms with Crippen LogP contribution in [0.15, 0.2) is 0 Å². The Morgan fingerprint density at radius 1 is 0.824 bits per heavy atom. The van der Waals surface area contributed by atoms with Gasteiger partial charge in [0.05, 0.1) is 0 Å². The van der Waals surface area contributed by atoms with Gasteiger partial charge in [0.25, 0.3) is 0 Å². The van der Waals surface area contributed by atoms with Gasteiger partial charge in [0.15, 0.2) is 0 Å². The Balaban J connectivity index is 1.82. The van der Waals surface area contributed by atoms with E-state index >= 15 is 0 Å². The molecule has 4 aliphatic rings. The molecule has 4 aliphatic carbocycles. The maximum Gasteiger partial charge on any atom is -0.0171 e. The molecule has 0 N–H and O–H groups in total. The van der Waals surface area contributed by atoms with Crippen LogP contribution in [0.5, 0.6) is 0 Å². The number of rotatable bonds is 0. The van der Waals surface area contributed by atoms with E-state index in [9.17, 15) is 0 Å². The van der Waals surface area contributed by atoms with Crippen LogP contribution in [0.2, 0.25) is 0 Å². The molecule has 0 aromatic heterocycles. The summed E-state index contributed by atoms with van der Waals surface area (Å²) in [4.78, 5) is 0. The Bertz CT molecular complexity index is 422. The van der Waals surface area contributed by atoms with E-state index in [4.69, 9.17) is 0 Å². The molecule has 0 saturated heterocycles. The predicted molar refractivity (Wildman–Crippen MR) is 71.5 cm³/mol. The predicted octanol–water partition coefficient (Wildman–Crippen LogP) is 4.60. The van der Waals surface area contributed by atoms with Crippen molar-refractivity contribution in [3.05, 3.63) is 0 Å². The van der Waals surface area contributed by atoms with Crippen molar-refractivity contribution in [3.8, 4) is 0 Å². The lowest BCUT2D eigenvalue weighted by atomic mass is 9.06. The summed E-state index contributed by atoms with van der Waals surface area (Å²) in [5.74, 6) is 5.13. The first-order chi connectivity index (χ1) is 7.66. The molecule has 0 nitrogen and oxygen atoms in total. The third-order valence-corrected chi connectivity index (χ3v) is 9.77.